The highest BCUT2D eigenvalue weighted by atomic mass is 32.1. The number of carbonyl (C=O) groups is 1. The molecule has 0 saturated carbocycles. The Balaban J connectivity index is 1.76. The molecule has 0 atom stereocenters. The van der Waals surface area contributed by atoms with Gasteiger partial charge in [-0.3, -0.25) is 9.20 Å². The lowest BCUT2D eigenvalue weighted by Gasteiger charge is -2.06. The number of carbonyl (C=O) groups excluding carboxylic acids is 1. The zero-order valence-corrected chi connectivity index (χ0v) is 14.4. The molecule has 6 heteroatoms. The highest BCUT2D eigenvalue weighted by Crippen LogP contribution is 2.24. The van der Waals surface area contributed by atoms with E-state index in [9.17, 15) is 4.79 Å². The molecule has 1 N–H and O–H groups in total. The quantitative estimate of drug-likeness (QED) is 0.770. The van der Waals surface area contributed by atoms with Gasteiger partial charge < -0.3 is 5.32 Å². The van der Waals surface area contributed by atoms with Crippen LogP contribution in [0, 0.1) is 13.8 Å². The average Bonchev–Trinajstić information content (AvgIpc) is 3.07. The molecule has 120 valence electrons. The fourth-order valence-corrected chi connectivity index (χ4v) is 3.60. The fraction of sp³-hybridized carbons (Fsp3) is 0.353. The van der Waals surface area contributed by atoms with Crippen LogP contribution < -0.4 is 5.32 Å². The van der Waals surface area contributed by atoms with Crippen LogP contribution in [0.2, 0.25) is 0 Å². The van der Waals surface area contributed by atoms with Gasteiger partial charge in [-0.15, -0.1) is 10.2 Å². The number of thiazole rings is 1. The van der Waals surface area contributed by atoms with Gasteiger partial charge >= 0.3 is 0 Å². The first-order chi connectivity index (χ1) is 11.1. The summed E-state index contributed by atoms with van der Waals surface area (Å²) in [5.41, 5.74) is 3.00. The molecular weight excluding hydrogens is 308 g/mol. The second-order valence-corrected chi connectivity index (χ2v) is 6.61. The van der Waals surface area contributed by atoms with Crippen molar-refractivity contribution in [2.45, 2.75) is 40.0 Å². The minimum Gasteiger partial charge on any atom is -0.321 e. The van der Waals surface area contributed by atoms with Crippen LogP contribution in [0.4, 0.5) is 5.69 Å². The van der Waals surface area contributed by atoms with Gasteiger partial charge in [-0.1, -0.05) is 36.8 Å². The number of hydrogen-bond acceptors (Lipinski definition) is 4. The average molecular weight is 328 g/mol. The van der Waals surface area contributed by atoms with Crippen molar-refractivity contribution in [3.63, 3.8) is 0 Å². The zero-order chi connectivity index (χ0) is 16.4. The second-order valence-electron chi connectivity index (χ2n) is 5.64. The van der Waals surface area contributed by atoms with Gasteiger partial charge in [0, 0.05) is 11.4 Å². The summed E-state index contributed by atoms with van der Waals surface area (Å²) >= 11 is 1.36. The molecular formula is C17H20N4OS. The number of benzene rings is 1. The number of unbranched alkanes of at least 4 members (excludes halogenated alkanes) is 1. The van der Waals surface area contributed by atoms with Crippen molar-refractivity contribution in [1.82, 2.24) is 14.6 Å². The Morgan fingerprint density at radius 2 is 1.96 bits per heavy atom. The van der Waals surface area contributed by atoms with Crippen molar-refractivity contribution in [3.8, 4) is 0 Å². The summed E-state index contributed by atoms with van der Waals surface area (Å²) in [6.07, 6.45) is 3.46. The number of nitrogens with zero attached hydrogens (tertiary/aromatic N) is 3. The number of rotatable bonds is 5. The molecule has 2 aromatic heterocycles. The molecule has 3 rings (SSSR count). The van der Waals surface area contributed by atoms with E-state index in [1.54, 1.807) is 0 Å². The summed E-state index contributed by atoms with van der Waals surface area (Å²) in [4.78, 5) is 13.9. The molecule has 1 aromatic carbocycles. The number of aromatic nitrogens is 3. The van der Waals surface area contributed by atoms with Gasteiger partial charge in [-0.25, -0.2) is 0 Å². The first-order valence-corrected chi connectivity index (χ1v) is 8.63. The van der Waals surface area contributed by atoms with E-state index in [4.69, 9.17) is 0 Å². The van der Waals surface area contributed by atoms with Crippen molar-refractivity contribution in [3.05, 3.63) is 46.2 Å². The summed E-state index contributed by atoms with van der Waals surface area (Å²) < 4.78 is 1.91. The molecule has 0 saturated heterocycles. The number of fused-ring (bicyclic) bond motifs is 1. The molecule has 3 aromatic rings. The van der Waals surface area contributed by atoms with Crippen molar-refractivity contribution >= 4 is 27.9 Å². The van der Waals surface area contributed by atoms with Gasteiger partial charge in [0.1, 0.15) is 10.7 Å². The summed E-state index contributed by atoms with van der Waals surface area (Å²) in [5.74, 6) is 0.701. The van der Waals surface area contributed by atoms with Crippen LogP contribution in [0.5, 0.6) is 0 Å². The Bertz CT molecular complexity index is 832. The van der Waals surface area contributed by atoms with E-state index in [0.29, 0.717) is 4.88 Å². The lowest BCUT2D eigenvalue weighted by molar-refractivity contribution is 0.102. The Morgan fingerprint density at radius 1 is 1.22 bits per heavy atom. The third-order valence-electron chi connectivity index (χ3n) is 3.89. The summed E-state index contributed by atoms with van der Waals surface area (Å²) in [5, 5.41) is 11.1. The number of aryl methyl sites for hydroxylation is 3. The molecule has 0 fully saturated rings. The van der Waals surface area contributed by atoms with E-state index in [-0.39, 0.29) is 5.91 Å². The minimum absolute atomic E-state index is 0.0984. The topological polar surface area (TPSA) is 59.3 Å². The third-order valence-corrected chi connectivity index (χ3v) is 5.02. The smallest absolute Gasteiger partial charge is 0.267 e. The third kappa shape index (κ3) is 3.12. The summed E-state index contributed by atoms with van der Waals surface area (Å²) in [6, 6.07) is 8.08. The Hall–Kier alpha value is -2.21. The molecule has 2 heterocycles. The largest absolute Gasteiger partial charge is 0.321 e. The van der Waals surface area contributed by atoms with Gasteiger partial charge in [-0.05, 0) is 44.4 Å². The summed E-state index contributed by atoms with van der Waals surface area (Å²) in [7, 11) is 0. The van der Waals surface area contributed by atoms with Crippen molar-refractivity contribution in [1.29, 1.82) is 0 Å². The maximum absolute atomic E-state index is 12.5. The van der Waals surface area contributed by atoms with Crippen LogP contribution in [0.1, 0.15) is 46.5 Å². The molecule has 0 spiro atoms. The fourth-order valence-electron chi connectivity index (χ4n) is 2.60. The molecule has 0 aliphatic rings. The second kappa shape index (κ2) is 6.50. The van der Waals surface area contributed by atoms with Crippen LogP contribution in [-0.2, 0) is 6.42 Å². The van der Waals surface area contributed by atoms with Crippen LogP contribution >= 0.6 is 11.3 Å². The monoisotopic (exact) mass is 328 g/mol. The number of hydrogen-bond donors (Lipinski definition) is 1. The highest BCUT2D eigenvalue weighted by Gasteiger charge is 2.18. The Labute approximate surface area is 139 Å². The number of nitrogens with one attached hydrogen (secondary N) is 1. The van der Waals surface area contributed by atoms with E-state index < -0.39 is 0 Å². The predicted molar refractivity (Wildman–Crippen MR) is 93.3 cm³/mol. The molecule has 1 amide bonds. The van der Waals surface area contributed by atoms with Gasteiger partial charge in [0.25, 0.3) is 5.91 Å². The lowest BCUT2D eigenvalue weighted by atomic mass is 10.1. The number of amides is 1. The normalized spacial score (nSPS) is 11.1. The van der Waals surface area contributed by atoms with Crippen LogP contribution in [0.15, 0.2) is 24.3 Å². The van der Waals surface area contributed by atoms with Crippen LogP contribution in [0.3, 0.4) is 0 Å². The van der Waals surface area contributed by atoms with E-state index in [2.05, 4.69) is 34.6 Å². The van der Waals surface area contributed by atoms with Crippen LogP contribution in [0.25, 0.3) is 4.96 Å². The van der Waals surface area contributed by atoms with Crippen molar-refractivity contribution in [2.24, 2.45) is 0 Å². The van der Waals surface area contributed by atoms with Crippen molar-refractivity contribution < 1.29 is 4.79 Å². The molecule has 23 heavy (non-hydrogen) atoms. The maximum atomic E-state index is 12.5. The number of anilines is 1. The minimum atomic E-state index is -0.0984. The van der Waals surface area contributed by atoms with Gasteiger partial charge in [0.2, 0.25) is 4.96 Å². The SMILES string of the molecule is CCCCc1ccc(NC(=O)c2sc3nnc(C)n3c2C)cc1. The standard InChI is InChI=1S/C17H20N4OS/c1-4-5-6-13-7-9-14(10-8-13)18-16(22)15-11(2)21-12(3)19-20-17(21)23-15/h7-10H,4-6H2,1-3H3,(H,18,22). The molecule has 5 nitrogen and oxygen atoms in total. The van der Waals surface area contributed by atoms with Gasteiger partial charge in [0.05, 0.1) is 0 Å². The van der Waals surface area contributed by atoms with Gasteiger partial charge in [0.15, 0.2) is 0 Å². The van der Waals surface area contributed by atoms with E-state index in [0.717, 1.165) is 28.6 Å². The lowest BCUT2D eigenvalue weighted by Crippen LogP contribution is -2.12. The highest BCUT2D eigenvalue weighted by molar-refractivity contribution is 7.19. The van der Waals surface area contributed by atoms with Crippen molar-refractivity contribution in [2.75, 3.05) is 5.32 Å². The predicted octanol–water partition coefficient (Wildman–Crippen LogP) is 4.00. The molecule has 0 bridgehead atoms. The Morgan fingerprint density at radius 3 is 2.61 bits per heavy atom. The molecule has 0 aliphatic carbocycles. The van der Waals surface area contributed by atoms with E-state index in [1.807, 2.05) is 30.4 Å². The summed E-state index contributed by atoms with van der Waals surface area (Å²) in [6.45, 7) is 5.99. The first kappa shape index (κ1) is 15.7. The zero-order valence-electron chi connectivity index (χ0n) is 13.6. The molecule has 0 unspecified atom stereocenters. The molecule has 0 radical (unpaired) electrons. The van der Waals surface area contributed by atoms with Gasteiger partial charge in [-0.2, -0.15) is 0 Å². The van der Waals surface area contributed by atoms with E-state index in [1.165, 1.54) is 29.7 Å². The molecule has 0 aliphatic heterocycles. The first-order valence-electron chi connectivity index (χ1n) is 7.81. The van der Waals surface area contributed by atoms with E-state index >= 15 is 0 Å². The van der Waals surface area contributed by atoms with Crippen LogP contribution in [-0.4, -0.2) is 20.5 Å². The Kier molecular flexibility index (Phi) is 4.43. The maximum Gasteiger partial charge on any atom is 0.267 e.